The van der Waals surface area contributed by atoms with Crippen molar-refractivity contribution < 1.29 is 0 Å². The molecule has 0 unspecified atom stereocenters. The van der Waals surface area contributed by atoms with E-state index >= 15 is 0 Å². The standard InChI is InChI=1S/C14H10BrCl3N2/c1-8(9-2-4-10(15)5-3-9)19-20-14-12(17)6-11(16)7-13(14)18/h2-7,20H,1H3/b19-8+. The summed E-state index contributed by atoms with van der Waals surface area (Å²) in [5, 5.41) is 5.62. The fourth-order valence-electron chi connectivity index (χ4n) is 1.54. The van der Waals surface area contributed by atoms with E-state index in [2.05, 4.69) is 26.5 Å². The van der Waals surface area contributed by atoms with Gasteiger partial charge in [-0.1, -0.05) is 62.9 Å². The van der Waals surface area contributed by atoms with Gasteiger partial charge in [-0.2, -0.15) is 5.10 Å². The summed E-state index contributed by atoms with van der Waals surface area (Å²) in [6, 6.07) is 11.1. The molecule has 6 heteroatoms. The van der Waals surface area contributed by atoms with Gasteiger partial charge in [0.1, 0.15) is 0 Å². The Kier molecular flexibility index (Phi) is 5.33. The molecule has 0 aromatic heterocycles. The number of rotatable bonds is 3. The van der Waals surface area contributed by atoms with Crippen molar-refractivity contribution in [2.45, 2.75) is 6.92 Å². The largest absolute Gasteiger partial charge is 0.275 e. The van der Waals surface area contributed by atoms with Gasteiger partial charge in [-0.3, -0.25) is 5.43 Å². The zero-order valence-electron chi connectivity index (χ0n) is 10.4. The summed E-state index contributed by atoms with van der Waals surface area (Å²) in [5.74, 6) is 0. The van der Waals surface area contributed by atoms with Gasteiger partial charge in [0.05, 0.1) is 21.4 Å². The monoisotopic (exact) mass is 390 g/mol. The van der Waals surface area contributed by atoms with Gasteiger partial charge in [-0.25, -0.2) is 0 Å². The SMILES string of the molecule is C/C(=N\Nc1c(Cl)cc(Cl)cc1Cl)c1ccc(Br)cc1. The van der Waals surface area contributed by atoms with E-state index in [4.69, 9.17) is 34.8 Å². The van der Waals surface area contributed by atoms with Crippen molar-refractivity contribution in [1.29, 1.82) is 0 Å². The predicted octanol–water partition coefficient (Wildman–Crippen LogP) is 6.25. The van der Waals surface area contributed by atoms with Crippen LogP contribution in [-0.2, 0) is 0 Å². The van der Waals surface area contributed by atoms with Crippen LogP contribution in [0, 0.1) is 0 Å². The van der Waals surface area contributed by atoms with E-state index in [1.54, 1.807) is 12.1 Å². The number of nitrogens with one attached hydrogen (secondary N) is 1. The van der Waals surface area contributed by atoms with Gasteiger partial charge < -0.3 is 0 Å². The first-order valence-electron chi connectivity index (χ1n) is 5.68. The third-order valence-corrected chi connectivity index (χ3v) is 3.95. The summed E-state index contributed by atoms with van der Waals surface area (Å²) in [6.45, 7) is 1.90. The van der Waals surface area contributed by atoms with Crippen LogP contribution in [0.2, 0.25) is 15.1 Å². The first-order valence-corrected chi connectivity index (χ1v) is 7.61. The van der Waals surface area contributed by atoms with Crippen molar-refractivity contribution in [3.8, 4) is 0 Å². The van der Waals surface area contributed by atoms with E-state index in [9.17, 15) is 0 Å². The van der Waals surface area contributed by atoms with Gasteiger partial charge >= 0.3 is 0 Å². The molecule has 0 bridgehead atoms. The Morgan fingerprint density at radius 1 is 1.05 bits per heavy atom. The van der Waals surface area contributed by atoms with Crippen molar-refractivity contribution in [2.75, 3.05) is 5.43 Å². The molecule has 0 amide bonds. The van der Waals surface area contributed by atoms with E-state index in [1.165, 1.54) is 0 Å². The molecule has 0 saturated carbocycles. The molecular weight excluding hydrogens is 382 g/mol. The second kappa shape index (κ2) is 6.81. The molecule has 1 N–H and O–H groups in total. The Hall–Kier alpha value is -0.740. The normalized spacial score (nSPS) is 11.6. The molecule has 0 aliphatic carbocycles. The predicted molar refractivity (Wildman–Crippen MR) is 91.4 cm³/mol. The number of hydrogen-bond donors (Lipinski definition) is 1. The molecule has 2 rings (SSSR count). The van der Waals surface area contributed by atoms with E-state index in [0.29, 0.717) is 20.8 Å². The molecule has 0 radical (unpaired) electrons. The average molecular weight is 393 g/mol. The molecule has 0 atom stereocenters. The number of halogens is 4. The summed E-state index contributed by atoms with van der Waals surface area (Å²) in [7, 11) is 0. The van der Waals surface area contributed by atoms with Crippen LogP contribution < -0.4 is 5.43 Å². The minimum Gasteiger partial charge on any atom is -0.275 e. The summed E-state index contributed by atoms with van der Waals surface area (Å²) in [4.78, 5) is 0. The van der Waals surface area contributed by atoms with E-state index < -0.39 is 0 Å². The van der Waals surface area contributed by atoms with Gasteiger partial charge in [-0.05, 0) is 36.8 Å². The minimum atomic E-state index is 0.426. The van der Waals surface area contributed by atoms with Gasteiger partial charge in [0.25, 0.3) is 0 Å². The molecule has 0 heterocycles. The highest BCUT2D eigenvalue weighted by molar-refractivity contribution is 9.10. The minimum absolute atomic E-state index is 0.426. The summed E-state index contributed by atoms with van der Waals surface area (Å²) in [6.07, 6.45) is 0. The van der Waals surface area contributed by atoms with Crippen molar-refractivity contribution >= 4 is 62.1 Å². The molecule has 2 aromatic carbocycles. The molecule has 0 saturated heterocycles. The first-order chi connectivity index (χ1) is 9.47. The van der Waals surface area contributed by atoms with Crippen LogP contribution in [0.3, 0.4) is 0 Å². The highest BCUT2D eigenvalue weighted by Crippen LogP contribution is 2.33. The van der Waals surface area contributed by atoms with Gasteiger partial charge in [0.15, 0.2) is 0 Å². The zero-order valence-corrected chi connectivity index (χ0v) is 14.3. The van der Waals surface area contributed by atoms with E-state index in [1.807, 2.05) is 31.2 Å². The smallest absolute Gasteiger partial charge is 0.0935 e. The van der Waals surface area contributed by atoms with Gasteiger partial charge in [-0.15, -0.1) is 0 Å². The van der Waals surface area contributed by atoms with Crippen LogP contribution in [0.15, 0.2) is 46.0 Å². The quantitative estimate of drug-likeness (QED) is 0.485. The second-order valence-corrected chi connectivity index (χ2v) is 6.23. The van der Waals surface area contributed by atoms with Crippen molar-refractivity contribution in [2.24, 2.45) is 5.10 Å². The first kappa shape index (κ1) is 15.6. The summed E-state index contributed by atoms with van der Waals surface area (Å²) >= 11 is 21.4. The summed E-state index contributed by atoms with van der Waals surface area (Å²) < 4.78 is 1.02. The maximum Gasteiger partial charge on any atom is 0.0935 e. The Balaban J connectivity index is 2.23. The van der Waals surface area contributed by atoms with Crippen LogP contribution in [0.5, 0.6) is 0 Å². The topological polar surface area (TPSA) is 24.4 Å². The fraction of sp³-hybridized carbons (Fsp3) is 0.0714. The molecule has 2 nitrogen and oxygen atoms in total. The Morgan fingerprint density at radius 3 is 2.15 bits per heavy atom. The highest BCUT2D eigenvalue weighted by atomic mass is 79.9. The van der Waals surface area contributed by atoms with Crippen molar-refractivity contribution in [3.05, 3.63) is 61.5 Å². The number of nitrogens with zero attached hydrogens (tertiary/aromatic N) is 1. The van der Waals surface area contributed by atoms with Crippen LogP contribution in [0.1, 0.15) is 12.5 Å². The van der Waals surface area contributed by atoms with Crippen molar-refractivity contribution in [3.63, 3.8) is 0 Å². The Morgan fingerprint density at radius 2 is 1.60 bits per heavy atom. The van der Waals surface area contributed by atoms with Gasteiger partial charge in [0.2, 0.25) is 0 Å². The van der Waals surface area contributed by atoms with Crippen LogP contribution >= 0.6 is 50.7 Å². The second-order valence-electron chi connectivity index (χ2n) is 4.06. The number of hydrogen-bond acceptors (Lipinski definition) is 2. The number of benzene rings is 2. The van der Waals surface area contributed by atoms with E-state index in [0.717, 1.165) is 15.7 Å². The fourth-order valence-corrected chi connectivity index (χ4v) is 2.71. The van der Waals surface area contributed by atoms with Crippen LogP contribution in [0.25, 0.3) is 0 Å². The van der Waals surface area contributed by atoms with Crippen molar-refractivity contribution in [1.82, 2.24) is 0 Å². The molecule has 20 heavy (non-hydrogen) atoms. The number of hydrazone groups is 1. The lowest BCUT2D eigenvalue weighted by Gasteiger charge is -2.08. The lowest BCUT2D eigenvalue weighted by molar-refractivity contribution is 1.32. The average Bonchev–Trinajstić information content (AvgIpc) is 2.38. The molecule has 2 aromatic rings. The lowest BCUT2D eigenvalue weighted by Crippen LogP contribution is -2.00. The Labute approximate surface area is 140 Å². The molecule has 0 aliphatic heterocycles. The third-order valence-electron chi connectivity index (χ3n) is 2.60. The third kappa shape index (κ3) is 3.89. The molecule has 0 spiro atoms. The highest BCUT2D eigenvalue weighted by Gasteiger charge is 2.07. The lowest BCUT2D eigenvalue weighted by atomic mass is 10.1. The number of anilines is 1. The molecule has 0 aliphatic rings. The van der Waals surface area contributed by atoms with Crippen LogP contribution in [0.4, 0.5) is 5.69 Å². The van der Waals surface area contributed by atoms with Gasteiger partial charge in [0, 0.05) is 9.50 Å². The molecule has 0 fully saturated rings. The maximum atomic E-state index is 6.08. The van der Waals surface area contributed by atoms with Crippen LogP contribution in [-0.4, -0.2) is 5.71 Å². The Bertz CT molecular complexity index is 631. The maximum absolute atomic E-state index is 6.08. The molecular formula is C14H10BrCl3N2. The van der Waals surface area contributed by atoms with E-state index in [-0.39, 0.29) is 0 Å². The summed E-state index contributed by atoms with van der Waals surface area (Å²) in [5.41, 5.74) is 5.23. The molecule has 104 valence electrons. The zero-order chi connectivity index (χ0) is 14.7.